The summed E-state index contributed by atoms with van der Waals surface area (Å²) in [5, 5.41) is 0.529. The van der Waals surface area contributed by atoms with Crippen LogP contribution in [0.3, 0.4) is 0 Å². The number of carbonyl (C=O) groups excluding carboxylic acids is 1. The van der Waals surface area contributed by atoms with Gasteiger partial charge >= 0.3 is 5.97 Å². The van der Waals surface area contributed by atoms with E-state index in [4.69, 9.17) is 15.2 Å². The van der Waals surface area contributed by atoms with Gasteiger partial charge in [0.05, 0.1) is 24.9 Å². The predicted octanol–water partition coefficient (Wildman–Crippen LogP) is 2.14. The molecule has 88 valence electrons. The zero-order chi connectivity index (χ0) is 11.9. The number of anilines is 1. The molecule has 2 unspecified atom stereocenters. The average molecular weight is 241 g/mol. The van der Waals surface area contributed by atoms with Gasteiger partial charge < -0.3 is 15.2 Å². The van der Waals surface area contributed by atoms with E-state index in [0.717, 1.165) is 16.9 Å². The molecule has 0 fully saturated rings. The predicted molar refractivity (Wildman–Crippen MR) is 62.7 cm³/mol. The van der Waals surface area contributed by atoms with Gasteiger partial charge in [0, 0.05) is 11.3 Å². The first kappa shape index (κ1) is 11.4. The van der Waals surface area contributed by atoms with Crippen molar-refractivity contribution in [3.8, 4) is 0 Å². The maximum atomic E-state index is 11.6. The highest BCUT2D eigenvalue weighted by atomic mass is 32.1. The highest BCUT2D eigenvalue weighted by molar-refractivity contribution is 7.16. The molecule has 2 atom stereocenters. The second-order valence-electron chi connectivity index (χ2n) is 3.97. The third-order valence-corrected chi connectivity index (χ3v) is 3.97. The van der Waals surface area contributed by atoms with Gasteiger partial charge in [-0.2, -0.15) is 0 Å². The molecular formula is C11H15NO3S. The smallest absolute Gasteiger partial charge is 0.341 e. The van der Waals surface area contributed by atoms with Crippen LogP contribution < -0.4 is 5.73 Å². The fraction of sp³-hybridized carbons (Fsp3) is 0.545. The SMILES string of the molecule is COC(=O)c1c(N)sc2c1CC(C)OC2C. The molecule has 0 aromatic carbocycles. The third-order valence-electron chi connectivity index (χ3n) is 2.75. The monoisotopic (exact) mass is 241 g/mol. The zero-order valence-electron chi connectivity index (χ0n) is 9.57. The summed E-state index contributed by atoms with van der Waals surface area (Å²) in [4.78, 5) is 12.7. The van der Waals surface area contributed by atoms with Crippen molar-refractivity contribution in [1.29, 1.82) is 0 Å². The van der Waals surface area contributed by atoms with Gasteiger partial charge in [-0.15, -0.1) is 11.3 Å². The maximum absolute atomic E-state index is 11.6. The average Bonchev–Trinajstić information content (AvgIpc) is 2.54. The van der Waals surface area contributed by atoms with Crippen LogP contribution in [0, 0.1) is 0 Å². The zero-order valence-corrected chi connectivity index (χ0v) is 10.4. The number of fused-ring (bicyclic) bond motifs is 1. The summed E-state index contributed by atoms with van der Waals surface area (Å²) in [6.07, 6.45) is 0.835. The molecular weight excluding hydrogens is 226 g/mol. The molecule has 2 heterocycles. The van der Waals surface area contributed by atoms with Crippen LogP contribution in [0.25, 0.3) is 0 Å². The number of hydrogen-bond acceptors (Lipinski definition) is 5. The number of thiophene rings is 1. The Bertz CT molecular complexity index is 427. The fourth-order valence-corrected chi connectivity index (χ4v) is 3.18. The lowest BCUT2D eigenvalue weighted by molar-refractivity contribution is -0.00244. The lowest BCUT2D eigenvalue weighted by atomic mass is 9.99. The summed E-state index contributed by atoms with van der Waals surface area (Å²) >= 11 is 1.42. The van der Waals surface area contributed by atoms with E-state index in [2.05, 4.69) is 0 Å². The van der Waals surface area contributed by atoms with Crippen molar-refractivity contribution in [1.82, 2.24) is 0 Å². The second-order valence-corrected chi connectivity index (χ2v) is 5.05. The number of esters is 1. The number of carbonyl (C=O) groups is 1. The van der Waals surface area contributed by atoms with Crippen LogP contribution in [0.4, 0.5) is 5.00 Å². The first-order valence-electron chi connectivity index (χ1n) is 5.19. The van der Waals surface area contributed by atoms with Gasteiger partial charge in [0.25, 0.3) is 0 Å². The van der Waals surface area contributed by atoms with Crippen LogP contribution in [-0.2, 0) is 15.9 Å². The number of ether oxygens (including phenoxy) is 2. The van der Waals surface area contributed by atoms with E-state index < -0.39 is 0 Å². The molecule has 4 nitrogen and oxygen atoms in total. The van der Waals surface area contributed by atoms with Crippen molar-refractivity contribution in [2.75, 3.05) is 12.8 Å². The van der Waals surface area contributed by atoms with Crippen molar-refractivity contribution in [3.63, 3.8) is 0 Å². The van der Waals surface area contributed by atoms with Gasteiger partial charge in [0.2, 0.25) is 0 Å². The quantitative estimate of drug-likeness (QED) is 0.765. The summed E-state index contributed by atoms with van der Waals surface area (Å²) in [5.74, 6) is -0.351. The number of methoxy groups -OCH3 is 1. The topological polar surface area (TPSA) is 61.5 Å². The van der Waals surface area contributed by atoms with Crippen molar-refractivity contribution in [2.24, 2.45) is 0 Å². The summed E-state index contributed by atoms with van der Waals surface area (Å²) in [5.41, 5.74) is 7.40. The minimum atomic E-state index is -0.351. The third kappa shape index (κ3) is 1.70. The maximum Gasteiger partial charge on any atom is 0.341 e. The number of rotatable bonds is 1. The van der Waals surface area contributed by atoms with Crippen LogP contribution in [-0.4, -0.2) is 19.2 Å². The molecule has 0 bridgehead atoms. The van der Waals surface area contributed by atoms with Crippen LogP contribution in [0.2, 0.25) is 0 Å². The van der Waals surface area contributed by atoms with Crippen LogP contribution in [0.15, 0.2) is 0 Å². The standard InChI is InChI=1S/C11H15NO3S/c1-5-4-7-8(11(13)14-3)10(12)16-9(7)6(2)15-5/h5-6H,4,12H2,1-3H3. The van der Waals surface area contributed by atoms with Crippen LogP contribution in [0.5, 0.6) is 0 Å². The fourth-order valence-electron chi connectivity index (χ4n) is 2.11. The van der Waals surface area contributed by atoms with Gasteiger partial charge in [-0.05, 0) is 19.4 Å². The van der Waals surface area contributed by atoms with E-state index in [9.17, 15) is 4.79 Å². The largest absolute Gasteiger partial charge is 0.465 e. The summed E-state index contributed by atoms with van der Waals surface area (Å²) in [7, 11) is 1.37. The van der Waals surface area contributed by atoms with Crippen LogP contribution in [0.1, 0.15) is 40.8 Å². The Morgan fingerprint density at radius 3 is 2.88 bits per heavy atom. The molecule has 0 radical (unpaired) electrons. The van der Waals surface area contributed by atoms with E-state index in [-0.39, 0.29) is 18.2 Å². The van der Waals surface area contributed by atoms with E-state index in [0.29, 0.717) is 10.6 Å². The summed E-state index contributed by atoms with van der Waals surface area (Å²) in [6, 6.07) is 0. The highest BCUT2D eigenvalue weighted by Crippen LogP contribution is 2.41. The van der Waals surface area contributed by atoms with Gasteiger partial charge in [-0.25, -0.2) is 4.79 Å². The molecule has 2 N–H and O–H groups in total. The Kier molecular flexibility index (Phi) is 2.90. The van der Waals surface area contributed by atoms with Crippen molar-refractivity contribution < 1.29 is 14.3 Å². The first-order valence-corrected chi connectivity index (χ1v) is 6.01. The number of hydrogen-bond donors (Lipinski definition) is 1. The number of nitrogens with two attached hydrogens (primary N) is 1. The van der Waals surface area contributed by atoms with Gasteiger partial charge in [0.15, 0.2) is 0 Å². The van der Waals surface area contributed by atoms with E-state index >= 15 is 0 Å². The lowest BCUT2D eigenvalue weighted by Crippen LogP contribution is -2.22. The molecule has 0 spiro atoms. The van der Waals surface area contributed by atoms with Gasteiger partial charge in [-0.1, -0.05) is 0 Å². The molecule has 5 heteroatoms. The van der Waals surface area contributed by atoms with E-state index in [1.807, 2.05) is 13.8 Å². The van der Waals surface area contributed by atoms with Gasteiger partial charge in [-0.3, -0.25) is 0 Å². The van der Waals surface area contributed by atoms with Gasteiger partial charge in [0.1, 0.15) is 5.00 Å². The van der Waals surface area contributed by atoms with Crippen LogP contribution >= 0.6 is 11.3 Å². The minimum absolute atomic E-state index is 0.00413. The molecule has 1 aromatic rings. The lowest BCUT2D eigenvalue weighted by Gasteiger charge is -2.25. The Morgan fingerprint density at radius 2 is 2.25 bits per heavy atom. The second kappa shape index (κ2) is 4.07. The highest BCUT2D eigenvalue weighted by Gasteiger charge is 2.31. The first-order chi connectivity index (χ1) is 7.54. The molecule has 0 amide bonds. The number of nitrogen functional groups attached to an aromatic ring is 1. The Hall–Kier alpha value is -1.07. The molecule has 0 aliphatic carbocycles. The van der Waals surface area contributed by atoms with E-state index in [1.54, 1.807) is 0 Å². The Morgan fingerprint density at radius 1 is 1.56 bits per heavy atom. The van der Waals surface area contributed by atoms with Crippen molar-refractivity contribution in [3.05, 3.63) is 16.0 Å². The van der Waals surface area contributed by atoms with Crippen molar-refractivity contribution in [2.45, 2.75) is 32.5 Å². The van der Waals surface area contributed by atoms with E-state index in [1.165, 1.54) is 18.4 Å². The van der Waals surface area contributed by atoms with Crippen molar-refractivity contribution >= 4 is 22.3 Å². The summed E-state index contributed by atoms with van der Waals surface area (Å²) in [6.45, 7) is 3.97. The molecule has 0 saturated carbocycles. The normalized spacial score (nSPS) is 23.9. The molecule has 1 aliphatic rings. The molecule has 2 rings (SSSR count). The Balaban J connectivity index is 2.51. The molecule has 1 aliphatic heterocycles. The molecule has 1 aromatic heterocycles. The molecule has 16 heavy (non-hydrogen) atoms. The minimum Gasteiger partial charge on any atom is -0.465 e. The Labute approximate surface area is 98.3 Å². The molecule has 0 saturated heterocycles. The summed E-state index contributed by atoms with van der Waals surface area (Å²) < 4.78 is 10.5.